The number of aromatic nitrogens is 2. The highest BCUT2D eigenvalue weighted by Crippen LogP contribution is 2.36. The largest absolute Gasteiger partial charge is 0.491 e. The second-order valence-electron chi connectivity index (χ2n) is 11.2. The summed E-state index contributed by atoms with van der Waals surface area (Å²) in [6.45, 7) is 10.2. The first kappa shape index (κ1) is 30.3. The van der Waals surface area contributed by atoms with Gasteiger partial charge in [0, 0.05) is 34.3 Å². The number of benzene rings is 3. The van der Waals surface area contributed by atoms with E-state index in [9.17, 15) is 14.0 Å². The third kappa shape index (κ3) is 5.64. The number of carbonyl (C=O) groups excluding carboxylic acids is 1. The topological polar surface area (TPSA) is 74.8 Å². The van der Waals surface area contributed by atoms with Crippen LogP contribution in [0.5, 0.6) is 5.75 Å². The number of esters is 1. The standard InChI is InChI=1S/C36H34FN3O4S/c1-6-43-35(42)32-22(4)38-36-40(33(32)27-12-8-10-14-30(27)44-21(2)3)34(41)31(45-36)19-28-23(5)39(29-13-9-7-11-26(28)29)20-24-15-17-25(37)18-16-24/h7-19,21,33H,6,20H2,1-5H3/b31-19-/t33-/m1/s1. The highest BCUT2D eigenvalue weighted by molar-refractivity contribution is 7.07. The highest BCUT2D eigenvalue weighted by atomic mass is 32.1. The van der Waals surface area contributed by atoms with Gasteiger partial charge in [-0.1, -0.05) is 59.9 Å². The lowest BCUT2D eigenvalue weighted by atomic mass is 9.95. The number of ether oxygens (including phenoxy) is 2. The summed E-state index contributed by atoms with van der Waals surface area (Å²) in [5.41, 5.74) is 5.10. The van der Waals surface area contributed by atoms with E-state index >= 15 is 0 Å². The van der Waals surface area contributed by atoms with Crippen LogP contribution in [0.1, 0.15) is 56.1 Å². The monoisotopic (exact) mass is 623 g/mol. The van der Waals surface area contributed by atoms with Crippen LogP contribution in [0, 0.1) is 12.7 Å². The van der Waals surface area contributed by atoms with Gasteiger partial charge in [0.15, 0.2) is 4.80 Å². The molecule has 0 aliphatic carbocycles. The summed E-state index contributed by atoms with van der Waals surface area (Å²) < 4.78 is 29.5. The number of para-hydroxylation sites is 2. The number of carbonyl (C=O) groups is 1. The van der Waals surface area contributed by atoms with E-state index in [2.05, 4.69) is 4.57 Å². The molecule has 230 valence electrons. The molecule has 0 bridgehead atoms. The Bertz CT molecular complexity index is 2140. The molecule has 3 heterocycles. The molecular formula is C36H34FN3O4S. The van der Waals surface area contributed by atoms with Gasteiger partial charge in [-0.25, -0.2) is 14.2 Å². The van der Waals surface area contributed by atoms with E-state index in [4.69, 9.17) is 14.5 Å². The van der Waals surface area contributed by atoms with Crippen molar-refractivity contribution in [2.24, 2.45) is 4.99 Å². The summed E-state index contributed by atoms with van der Waals surface area (Å²) in [6.07, 6.45) is 1.80. The molecule has 6 rings (SSSR count). The zero-order valence-corrected chi connectivity index (χ0v) is 26.7. The van der Waals surface area contributed by atoms with Gasteiger partial charge >= 0.3 is 5.97 Å². The average molecular weight is 624 g/mol. The number of hydrogen-bond acceptors (Lipinski definition) is 6. The van der Waals surface area contributed by atoms with E-state index < -0.39 is 12.0 Å². The van der Waals surface area contributed by atoms with E-state index in [1.807, 2.05) is 75.4 Å². The number of nitrogens with zero attached hydrogens (tertiary/aromatic N) is 3. The molecule has 0 radical (unpaired) electrons. The quantitative estimate of drug-likeness (QED) is 0.198. The van der Waals surface area contributed by atoms with E-state index in [0.29, 0.717) is 38.5 Å². The van der Waals surface area contributed by atoms with Crippen molar-refractivity contribution in [3.05, 3.63) is 132 Å². The Balaban J connectivity index is 1.56. The number of rotatable bonds is 8. The smallest absolute Gasteiger partial charge is 0.338 e. The normalized spacial score (nSPS) is 15.0. The van der Waals surface area contributed by atoms with Crippen LogP contribution in [0.25, 0.3) is 17.0 Å². The molecule has 0 fully saturated rings. The molecule has 9 heteroatoms. The van der Waals surface area contributed by atoms with Crippen molar-refractivity contribution in [1.82, 2.24) is 9.13 Å². The SMILES string of the molecule is CCOC(=O)C1=C(C)N=c2s/c(=C\c3c(C)n(Cc4ccc(F)cc4)c4ccccc34)c(=O)n2[C@@H]1c1ccccc1OC(C)C. The summed E-state index contributed by atoms with van der Waals surface area (Å²) in [5.74, 6) is -0.206. The maximum Gasteiger partial charge on any atom is 0.338 e. The molecule has 0 unspecified atom stereocenters. The molecule has 0 saturated heterocycles. The first-order valence-electron chi connectivity index (χ1n) is 15.0. The van der Waals surface area contributed by atoms with E-state index in [-0.39, 0.29) is 24.1 Å². The molecule has 1 atom stereocenters. The lowest BCUT2D eigenvalue weighted by Gasteiger charge is -2.26. The van der Waals surface area contributed by atoms with Crippen molar-refractivity contribution in [2.45, 2.75) is 53.3 Å². The first-order chi connectivity index (χ1) is 21.7. The van der Waals surface area contributed by atoms with E-state index in [1.165, 1.54) is 23.5 Å². The average Bonchev–Trinajstić information content (AvgIpc) is 3.46. The van der Waals surface area contributed by atoms with Crippen molar-refractivity contribution in [3.8, 4) is 5.75 Å². The zero-order chi connectivity index (χ0) is 31.8. The Morgan fingerprint density at radius 1 is 1.04 bits per heavy atom. The molecule has 0 N–H and O–H groups in total. The zero-order valence-electron chi connectivity index (χ0n) is 25.8. The molecule has 0 spiro atoms. The Morgan fingerprint density at radius 3 is 2.49 bits per heavy atom. The summed E-state index contributed by atoms with van der Waals surface area (Å²) in [6, 6.07) is 21.2. The third-order valence-corrected chi connectivity index (χ3v) is 8.89. The van der Waals surface area contributed by atoms with Gasteiger partial charge in [0.1, 0.15) is 17.6 Å². The molecular weight excluding hydrogens is 589 g/mol. The van der Waals surface area contributed by atoms with Gasteiger partial charge in [0.05, 0.1) is 28.5 Å². The van der Waals surface area contributed by atoms with Crippen molar-refractivity contribution in [3.63, 3.8) is 0 Å². The Morgan fingerprint density at radius 2 is 1.76 bits per heavy atom. The van der Waals surface area contributed by atoms with Crippen LogP contribution < -0.4 is 19.6 Å². The van der Waals surface area contributed by atoms with Crippen LogP contribution in [-0.2, 0) is 16.1 Å². The maximum atomic E-state index is 14.4. The molecule has 7 nitrogen and oxygen atoms in total. The number of halogens is 1. The second kappa shape index (κ2) is 12.3. The summed E-state index contributed by atoms with van der Waals surface area (Å²) >= 11 is 1.29. The van der Waals surface area contributed by atoms with Crippen molar-refractivity contribution < 1.29 is 18.7 Å². The van der Waals surface area contributed by atoms with Gasteiger partial charge in [-0.2, -0.15) is 0 Å². The maximum absolute atomic E-state index is 14.4. The predicted octanol–water partition coefficient (Wildman–Crippen LogP) is 6.04. The van der Waals surface area contributed by atoms with Gasteiger partial charge in [-0.05, 0) is 70.5 Å². The van der Waals surface area contributed by atoms with Crippen LogP contribution in [0.3, 0.4) is 0 Å². The lowest BCUT2D eigenvalue weighted by Crippen LogP contribution is -2.40. The Kier molecular flexibility index (Phi) is 8.29. The minimum absolute atomic E-state index is 0.117. The van der Waals surface area contributed by atoms with Crippen molar-refractivity contribution in [1.29, 1.82) is 0 Å². The highest BCUT2D eigenvalue weighted by Gasteiger charge is 2.35. The second-order valence-corrected chi connectivity index (χ2v) is 12.2. The molecule has 2 aromatic heterocycles. The van der Waals surface area contributed by atoms with E-state index in [1.54, 1.807) is 30.5 Å². The van der Waals surface area contributed by atoms with Crippen LogP contribution in [-0.4, -0.2) is 27.8 Å². The van der Waals surface area contributed by atoms with Crippen molar-refractivity contribution >= 4 is 34.3 Å². The van der Waals surface area contributed by atoms with Crippen LogP contribution in [0.2, 0.25) is 0 Å². The summed E-state index contributed by atoms with van der Waals surface area (Å²) in [7, 11) is 0. The summed E-state index contributed by atoms with van der Waals surface area (Å²) in [4.78, 5) is 33.0. The molecule has 1 aliphatic rings. The molecule has 0 saturated carbocycles. The van der Waals surface area contributed by atoms with E-state index in [0.717, 1.165) is 27.7 Å². The molecule has 0 amide bonds. The minimum atomic E-state index is -0.779. The predicted molar refractivity (Wildman–Crippen MR) is 175 cm³/mol. The van der Waals surface area contributed by atoms with Gasteiger partial charge in [0.2, 0.25) is 0 Å². The van der Waals surface area contributed by atoms with Gasteiger partial charge < -0.3 is 14.0 Å². The van der Waals surface area contributed by atoms with Gasteiger partial charge in [0.25, 0.3) is 5.56 Å². The lowest BCUT2D eigenvalue weighted by molar-refractivity contribution is -0.139. The van der Waals surface area contributed by atoms with Crippen LogP contribution >= 0.6 is 11.3 Å². The fraction of sp³-hybridized carbons (Fsp3) is 0.250. The Labute approximate surface area is 264 Å². The molecule has 3 aromatic carbocycles. The third-order valence-electron chi connectivity index (χ3n) is 7.90. The number of allylic oxidation sites excluding steroid dienone is 1. The Hall–Kier alpha value is -4.76. The first-order valence-corrected chi connectivity index (χ1v) is 15.8. The van der Waals surface area contributed by atoms with Crippen LogP contribution in [0.4, 0.5) is 4.39 Å². The minimum Gasteiger partial charge on any atom is -0.491 e. The number of fused-ring (bicyclic) bond motifs is 2. The fourth-order valence-corrected chi connectivity index (χ4v) is 6.93. The van der Waals surface area contributed by atoms with Crippen molar-refractivity contribution in [2.75, 3.05) is 6.61 Å². The van der Waals surface area contributed by atoms with Crippen LogP contribution in [0.15, 0.2) is 93.9 Å². The molecule has 45 heavy (non-hydrogen) atoms. The number of thiazole rings is 1. The number of hydrogen-bond donors (Lipinski definition) is 0. The van der Waals surface area contributed by atoms with Gasteiger partial charge in [-0.15, -0.1) is 0 Å². The fourth-order valence-electron chi connectivity index (χ4n) is 5.90. The summed E-state index contributed by atoms with van der Waals surface area (Å²) in [5, 5.41) is 0.999. The molecule has 5 aromatic rings. The molecule has 1 aliphatic heterocycles. The van der Waals surface area contributed by atoms with Gasteiger partial charge in [-0.3, -0.25) is 9.36 Å².